The molecular formula is C67H104N2O6. The summed E-state index contributed by atoms with van der Waals surface area (Å²) in [4.78, 5) is 29.8. The van der Waals surface area contributed by atoms with E-state index in [2.05, 4.69) is 109 Å². The molecule has 1 aromatic rings. The van der Waals surface area contributed by atoms with Crippen LogP contribution < -0.4 is 0 Å². The molecule has 418 valence electrons. The maximum atomic E-state index is 14.9. The number of ether oxygens (including phenoxy) is 2. The van der Waals surface area contributed by atoms with Gasteiger partial charge >= 0.3 is 11.9 Å². The number of fused-ring (bicyclic) bond motifs is 14. The molecule has 75 heavy (non-hydrogen) atoms. The molecule has 11 rings (SSSR count). The van der Waals surface area contributed by atoms with Crippen LogP contribution in [0.2, 0.25) is 0 Å². The lowest BCUT2D eigenvalue weighted by atomic mass is 9.33. The van der Waals surface area contributed by atoms with Crippen LogP contribution in [-0.2, 0) is 32.2 Å². The Labute approximate surface area is 454 Å². The summed E-state index contributed by atoms with van der Waals surface area (Å²) >= 11 is 0. The molecule has 0 saturated heterocycles. The van der Waals surface area contributed by atoms with Crippen molar-refractivity contribution in [2.75, 3.05) is 6.61 Å². The van der Waals surface area contributed by atoms with Gasteiger partial charge in [-0.05, 0) is 218 Å². The second-order valence-electron chi connectivity index (χ2n) is 31.5. The molecule has 0 bridgehead atoms. The van der Waals surface area contributed by atoms with Gasteiger partial charge in [0.2, 0.25) is 0 Å². The van der Waals surface area contributed by atoms with E-state index in [1.807, 2.05) is 17.1 Å². The lowest BCUT2D eigenvalue weighted by Gasteiger charge is -2.71. The van der Waals surface area contributed by atoms with Crippen molar-refractivity contribution >= 4 is 11.9 Å². The van der Waals surface area contributed by atoms with Crippen molar-refractivity contribution in [1.82, 2.24) is 9.78 Å². The molecular weight excluding hydrogens is 929 g/mol. The van der Waals surface area contributed by atoms with Crippen LogP contribution in [0, 0.1) is 113 Å². The fourth-order valence-corrected chi connectivity index (χ4v) is 23.1. The van der Waals surface area contributed by atoms with Gasteiger partial charge in [0.1, 0.15) is 6.61 Å². The minimum Gasteiger partial charge on any atom is -0.465 e. The van der Waals surface area contributed by atoms with Crippen molar-refractivity contribution in [3.63, 3.8) is 0 Å². The summed E-state index contributed by atoms with van der Waals surface area (Å²) in [6, 6.07) is 0. The first kappa shape index (κ1) is 54.5. The summed E-state index contributed by atoms with van der Waals surface area (Å²) in [5, 5.41) is 27.2. The van der Waals surface area contributed by atoms with E-state index in [9.17, 15) is 19.8 Å². The van der Waals surface area contributed by atoms with E-state index in [4.69, 9.17) is 14.6 Å². The average Bonchev–Trinajstić information content (AvgIpc) is 3.88. The van der Waals surface area contributed by atoms with Crippen LogP contribution in [0.3, 0.4) is 0 Å². The maximum Gasteiger partial charge on any atom is 0.313 e. The van der Waals surface area contributed by atoms with Gasteiger partial charge in [-0.2, -0.15) is 5.10 Å². The van der Waals surface area contributed by atoms with Crippen molar-refractivity contribution in [3.05, 3.63) is 41.3 Å². The number of aliphatic hydroxyl groups excluding tert-OH is 2. The monoisotopic (exact) mass is 1030 g/mol. The number of rotatable bonds is 8. The largest absolute Gasteiger partial charge is 0.465 e. The highest BCUT2D eigenvalue weighted by Crippen LogP contribution is 2.78. The average molecular weight is 1030 g/mol. The standard InChI is InChI=1S/C67H104N2O6/c1-41-20-30-66(34-32-62(11)46(54(66)43(41)3)16-18-50-60(9)26-24-52(70)58(5,6)48(60)22-28-64(50,62)13)56(72)74-37-15-36-69-39-45(38-68-69)40-75-57(73)67-31-21-42(2)44(4)55(67)47-17-19-51-61(10)27-25-53(71)59(7,8)49(61)23-29-65(51,14)63(47,12)33-35-67/h16-17,38-39,41-44,48-55,70-71H,15,18-37,40H2,1-14H3/t41-,42-,43+,44+,48+,49+,50-,51-,52+,53+,54+,55-,60+,61+,62-,63-,64-,65+,66+,67+/m1/s1. The lowest BCUT2D eigenvalue weighted by Crippen LogP contribution is -2.65. The quantitative estimate of drug-likeness (QED) is 0.152. The molecule has 0 unspecified atom stereocenters. The zero-order chi connectivity index (χ0) is 53.9. The van der Waals surface area contributed by atoms with Gasteiger partial charge in [-0.3, -0.25) is 14.3 Å². The predicted molar refractivity (Wildman–Crippen MR) is 298 cm³/mol. The van der Waals surface area contributed by atoms with Gasteiger partial charge in [-0.25, -0.2) is 0 Å². The number of esters is 2. The van der Waals surface area contributed by atoms with E-state index in [1.165, 1.54) is 25.7 Å². The fourth-order valence-electron chi connectivity index (χ4n) is 23.1. The van der Waals surface area contributed by atoms with E-state index < -0.39 is 10.8 Å². The Morgan fingerprint density at radius 2 is 1.03 bits per heavy atom. The van der Waals surface area contributed by atoms with E-state index >= 15 is 0 Å². The molecule has 8 heteroatoms. The Morgan fingerprint density at radius 1 is 0.573 bits per heavy atom. The topological polar surface area (TPSA) is 111 Å². The summed E-state index contributed by atoms with van der Waals surface area (Å²) in [5.41, 5.74) is 3.67. The molecule has 0 radical (unpaired) electrons. The first-order valence-electron chi connectivity index (χ1n) is 31.3. The first-order valence-corrected chi connectivity index (χ1v) is 31.3. The molecule has 8 saturated carbocycles. The van der Waals surface area contributed by atoms with Gasteiger partial charge in [0.25, 0.3) is 0 Å². The van der Waals surface area contributed by atoms with E-state index in [0.717, 1.165) is 95.5 Å². The number of allylic oxidation sites excluding steroid dienone is 4. The molecule has 20 atom stereocenters. The lowest BCUT2D eigenvalue weighted by molar-refractivity contribution is -0.207. The maximum absolute atomic E-state index is 14.9. The number of nitrogens with zero attached hydrogens (tertiary/aromatic N) is 2. The molecule has 0 aromatic carbocycles. The second-order valence-corrected chi connectivity index (χ2v) is 31.5. The minimum atomic E-state index is -0.508. The van der Waals surface area contributed by atoms with Gasteiger partial charge in [0.05, 0.1) is 35.8 Å². The third-order valence-corrected chi connectivity index (χ3v) is 28.6. The predicted octanol–water partition coefficient (Wildman–Crippen LogP) is 14.9. The Morgan fingerprint density at radius 3 is 1.49 bits per heavy atom. The Kier molecular flexibility index (Phi) is 13.1. The number of carbonyl (C=O) groups is 2. The zero-order valence-corrected chi connectivity index (χ0v) is 49.7. The van der Waals surface area contributed by atoms with Gasteiger partial charge in [0.15, 0.2) is 0 Å². The number of aromatic nitrogens is 2. The highest BCUT2D eigenvalue weighted by Gasteiger charge is 2.72. The molecule has 10 aliphatic carbocycles. The van der Waals surface area contributed by atoms with E-state index in [1.54, 1.807) is 11.1 Å². The number of aliphatic hydroxyl groups is 2. The molecule has 2 N–H and O–H groups in total. The summed E-state index contributed by atoms with van der Waals surface area (Å²) in [7, 11) is 0. The third kappa shape index (κ3) is 7.38. The van der Waals surface area contributed by atoms with Crippen LogP contribution in [0.5, 0.6) is 0 Å². The summed E-state index contributed by atoms with van der Waals surface area (Å²) in [5.74, 6) is 4.49. The third-order valence-electron chi connectivity index (χ3n) is 28.6. The van der Waals surface area contributed by atoms with Crippen molar-refractivity contribution in [2.45, 2.75) is 244 Å². The van der Waals surface area contributed by atoms with E-state index in [-0.39, 0.29) is 85.9 Å². The number of hydrogen-bond acceptors (Lipinski definition) is 7. The van der Waals surface area contributed by atoms with Gasteiger partial charge in [0, 0.05) is 24.7 Å². The molecule has 8 fully saturated rings. The van der Waals surface area contributed by atoms with Gasteiger partial charge in [-0.1, -0.05) is 120 Å². The van der Waals surface area contributed by atoms with Crippen molar-refractivity contribution in [2.24, 2.45) is 113 Å². The van der Waals surface area contributed by atoms with Crippen LogP contribution in [0.4, 0.5) is 0 Å². The van der Waals surface area contributed by atoms with Crippen LogP contribution in [0.15, 0.2) is 35.7 Å². The van der Waals surface area contributed by atoms with Gasteiger partial charge in [-0.15, -0.1) is 0 Å². The summed E-state index contributed by atoms with van der Waals surface area (Å²) < 4.78 is 14.8. The smallest absolute Gasteiger partial charge is 0.313 e. The van der Waals surface area contributed by atoms with Crippen molar-refractivity contribution in [1.29, 1.82) is 0 Å². The number of hydrogen-bond donors (Lipinski definition) is 2. The Bertz CT molecular complexity index is 2470. The van der Waals surface area contributed by atoms with Crippen LogP contribution in [-0.4, -0.2) is 50.7 Å². The highest BCUT2D eigenvalue weighted by atomic mass is 16.5. The van der Waals surface area contributed by atoms with Crippen molar-refractivity contribution in [3.8, 4) is 0 Å². The molecule has 10 aliphatic rings. The van der Waals surface area contributed by atoms with E-state index in [0.29, 0.717) is 66.9 Å². The molecule has 0 amide bonds. The molecule has 0 spiro atoms. The summed E-state index contributed by atoms with van der Waals surface area (Å²) in [6.45, 7) is 35.8. The normalized spacial score (nSPS) is 50.3. The Hall–Kier alpha value is -2.45. The molecule has 0 aliphatic heterocycles. The van der Waals surface area contributed by atoms with Crippen LogP contribution >= 0.6 is 0 Å². The second kappa shape index (κ2) is 18.0. The molecule has 1 aromatic heterocycles. The summed E-state index contributed by atoms with van der Waals surface area (Å²) in [6.07, 6.45) is 28.1. The number of carbonyl (C=O) groups excluding carboxylic acids is 2. The van der Waals surface area contributed by atoms with Crippen molar-refractivity contribution < 1.29 is 29.3 Å². The Balaban J connectivity index is 0.740. The zero-order valence-electron chi connectivity index (χ0n) is 49.7. The SMILES string of the molecule is C[C@H]1[C@H](C)CC[C@]2(C(=O)OCCCn3cc(COC(=O)[C@]45CC[C@@H](C)[C@H](C)[C@@H]4C4=CC[C@@H]6[C@@]7(C)CC[C@H](O)C(C)(C)[C@@H]7CC[C@]6(C)[C@]4(C)CC5)cn3)CC[C@]3(C)C(=CC[C@@H]4[C@@]5(C)CC[C@H](O)C(C)(C)[C@@H]5CC[C@]43C)[C@H]12. The first-order chi connectivity index (χ1) is 35.1. The molecule has 1 heterocycles. The fraction of sp³-hybridized carbons (Fsp3) is 0.866. The van der Waals surface area contributed by atoms with Crippen LogP contribution in [0.1, 0.15) is 224 Å². The molecule has 8 nitrogen and oxygen atoms in total. The number of aryl methyl sites for hydroxylation is 1. The van der Waals surface area contributed by atoms with Gasteiger partial charge < -0.3 is 19.7 Å². The highest BCUT2D eigenvalue weighted by molar-refractivity contribution is 5.79. The minimum absolute atomic E-state index is 0.0134. The van der Waals surface area contributed by atoms with Crippen LogP contribution in [0.25, 0.3) is 0 Å².